The van der Waals surface area contributed by atoms with Crippen molar-refractivity contribution in [3.8, 4) is 0 Å². The second-order valence-electron chi connectivity index (χ2n) is 3.64. The molecular formula is C8H16BINO. The molecular weight excluding hydrogens is 264 g/mol. The highest BCUT2D eigenvalue weighted by Crippen LogP contribution is 2.14. The van der Waals surface area contributed by atoms with Gasteiger partial charge >= 0.3 is 0 Å². The minimum atomic E-state index is 0.323. The summed E-state index contributed by atoms with van der Waals surface area (Å²) in [7, 11) is 0. The van der Waals surface area contributed by atoms with Crippen molar-refractivity contribution in [2.75, 3.05) is 13.2 Å². The average molecular weight is 280 g/mol. The van der Waals surface area contributed by atoms with E-state index in [1.54, 1.807) is 0 Å². The van der Waals surface area contributed by atoms with Gasteiger partial charge in [0.05, 0.1) is 12.6 Å². The summed E-state index contributed by atoms with van der Waals surface area (Å²) < 4.78 is 5.62. The molecule has 4 heteroatoms. The normalized spacial score (nSPS) is 32.4. The molecule has 0 aromatic heterocycles. The van der Waals surface area contributed by atoms with E-state index < -0.39 is 0 Å². The van der Waals surface area contributed by atoms with Crippen LogP contribution in [0.2, 0.25) is 0 Å². The molecule has 1 radical (unpaired) electrons. The SMILES string of the molecule is CC(C)N1C[C@@H]([B]I)OC[C@@H]1C. The Bertz CT molecular complexity index is 145. The number of ether oxygens (including phenoxy) is 1. The van der Waals surface area contributed by atoms with Crippen molar-refractivity contribution < 1.29 is 4.74 Å². The minimum absolute atomic E-state index is 0.323. The van der Waals surface area contributed by atoms with Crippen molar-refractivity contribution in [1.82, 2.24) is 4.90 Å². The number of hydrogen-bond acceptors (Lipinski definition) is 2. The van der Waals surface area contributed by atoms with Gasteiger partial charge in [-0.3, -0.25) is 4.90 Å². The van der Waals surface area contributed by atoms with Crippen molar-refractivity contribution in [3.63, 3.8) is 0 Å². The standard InChI is InChI=1S/C8H16BINO/c1-6(2)11-4-8(9-10)12-5-7(11)3/h6-8H,4-5H2,1-3H3/t7-,8-/m0/s1. The van der Waals surface area contributed by atoms with Crippen LogP contribution in [0.25, 0.3) is 0 Å². The summed E-state index contributed by atoms with van der Waals surface area (Å²) in [6.07, 6.45) is 0. The van der Waals surface area contributed by atoms with E-state index in [2.05, 4.69) is 53.2 Å². The molecule has 0 aliphatic carbocycles. The topological polar surface area (TPSA) is 12.5 Å². The number of halogens is 1. The van der Waals surface area contributed by atoms with Gasteiger partial charge in [-0.15, -0.1) is 0 Å². The predicted molar refractivity (Wildman–Crippen MR) is 60.8 cm³/mol. The lowest BCUT2D eigenvalue weighted by atomic mass is 9.96. The van der Waals surface area contributed by atoms with Crippen molar-refractivity contribution in [2.24, 2.45) is 0 Å². The van der Waals surface area contributed by atoms with Gasteiger partial charge in [0, 0.05) is 18.6 Å². The Balaban J connectivity index is 2.47. The Morgan fingerprint density at radius 1 is 1.58 bits per heavy atom. The maximum absolute atomic E-state index is 5.62. The molecule has 12 heavy (non-hydrogen) atoms. The molecule has 1 fully saturated rings. The first-order chi connectivity index (χ1) is 5.65. The lowest BCUT2D eigenvalue weighted by molar-refractivity contribution is -0.0348. The summed E-state index contributed by atoms with van der Waals surface area (Å²) in [5.41, 5.74) is 0. The highest BCUT2D eigenvalue weighted by atomic mass is 127. The van der Waals surface area contributed by atoms with Crippen LogP contribution in [0.1, 0.15) is 20.8 Å². The molecule has 0 spiro atoms. The van der Waals surface area contributed by atoms with Crippen LogP contribution in [0.3, 0.4) is 0 Å². The van der Waals surface area contributed by atoms with Crippen molar-refractivity contribution in [1.29, 1.82) is 0 Å². The van der Waals surface area contributed by atoms with E-state index in [-0.39, 0.29) is 0 Å². The number of morpholine rings is 1. The van der Waals surface area contributed by atoms with Crippen molar-refractivity contribution in [2.45, 2.75) is 38.9 Å². The summed E-state index contributed by atoms with van der Waals surface area (Å²) in [4.78, 5) is 2.49. The lowest BCUT2D eigenvalue weighted by Gasteiger charge is -2.40. The van der Waals surface area contributed by atoms with Crippen molar-refractivity contribution in [3.05, 3.63) is 0 Å². The molecule has 2 atom stereocenters. The van der Waals surface area contributed by atoms with Gasteiger partial charge in [-0.05, 0) is 20.8 Å². The summed E-state index contributed by atoms with van der Waals surface area (Å²) in [5.74, 6) is 0. The Morgan fingerprint density at radius 2 is 2.25 bits per heavy atom. The van der Waals surface area contributed by atoms with E-state index in [1.165, 1.54) is 0 Å². The molecule has 0 bridgehead atoms. The first-order valence-electron chi connectivity index (χ1n) is 4.46. The molecule has 1 saturated heterocycles. The molecule has 0 N–H and O–H groups in total. The monoisotopic (exact) mass is 280 g/mol. The van der Waals surface area contributed by atoms with E-state index in [0.29, 0.717) is 18.1 Å². The Kier molecular flexibility index (Phi) is 4.33. The van der Waals surface area contributed by atoms with Crippen LogP contribution in [0, 0.1) is 0 Å². The smallest absolute Gasteiger partial charge is 0.238 e. The minimum Gasteiger partial charge on any atom is -0.383 e. The first kappa shape index (κ1) is 10.8. The van der Waals surface area contributed by atoms with Crippen LogP contribution in [0.4, 0.5) is 0 Å². The van der Waals surface area contributed by atoms with E-state index in [0.717, 1.165) is 13.2 Å². The van der Waals surface area contributed by atoms with E-state index in [4.69, 9.17) is 4.74 Å². The zero-order chi connectivity index (χ0) is 9.14. The quantitative estimate of drug-likeness (QED) is 0.561. The highest BCUT2D eigenvalue weighted by Gasteiger charge is 2.27. The molecule has 1 rings (SSSR count). The average Bonchev–Trinajstić information content (AvgIpc) is 2.05. The molecule has 1 heterocycles. The maximum Gasteiger partial charge on any atom is 0.238 e. The van der Waals surface area contributed by atoms with E-state index >= 15 is 0 Å². The molecule has 0 aromatic carbocycles. The molecule has 0 aromatic rings. The number of nitrogens with zero attached hydrogens (tertiary/aromatic N) is 1. The fraction of sp³-hybridized carbons (Fsp3) is 1.00. The van der Waals surface area contributed by atoms with Gasteiger partial charge < -0.3 is 4.74 Å². The Labute approximate surface area is 89.1 Å². The third-order valence-electron chi connectivity index (χ3n) is 2.31. The zero-order valence-corrected chi connectivity index (χ0v) is 10.1. The fourth-order valence-corrected chi connectivity index (χ4v) is 2.03. The summed E-state index contributed by atoms with van der Waals surface area (Å²) in [6, 6.07) is 1.52. The van der Waals surface area contributed by atoms with Gasteiger partial charge in [0.25, 0.3) is 0 Å². The molecule has 2 nitrogen and oxygen atoms in total. The molecule has 1 aliphatic heterocycles. The van der Waals surface area contributed by atoms with Gasteiger partial charge in [0.15, 0.2) is 0 Å². The maximum atomic E-state index is 5.62. The third kappa shape index (κ3) is 2.60. The van der Waals surface area contributed by atoms with Gasteiger partial charge in [-0.2, -0.15) is 22.4 Å². The molecule has 69 valence electrons. The van der Waals surface area contributed by atoms with Crippen LogP contribution >= 0.6 is 22.4 Å². The van der Waals surface area contributed by atoms with Crippen LogP contribution in [0.15, 0.2) is 0 Å². The zero-order valence-electron chi connectivity index (χ0n) is 7.96. The van der Waals surface area contributed by atoms with Crippen molar-refractivity contribution >= 4 is 27.5 Å². The van der Waals surface area contributed by atoms with Crippen LogP contribution in [0.5, 0.6) is 0 Å². The van der Waals surface area contributed by atoms with Crippen LogP contribution < -0.4 is 0 Å². The largest absolute Gasteiger partial charge is 0.383 e. The second kappa shape index (κ2) is 4.81. The van der Waals surface area contributed by atoms with Crippen LogP contribution in [-0.4, -0.2) is 41.3 Å². The summed E-state index contributed by atoms with van der Waals surface area (Å²) >= 11 is 2.27. The Morgan fingerprint density at radius 3 is 2.75 bits per heavy atom. The summed E-state index contributed by atoms with van der Waals surface area (Å²) in [6.45, 7) is 8.62. The molecule has 0 saturated carbocycles. The summed E-state index contributed by atoms with van der Waals surface area (Å²) in [5, 5.41) is 2.11. The predicted octanol–water partition coefficient (Wildman–Crippen LogP) is 1.50. The molecule has 0 amide bonds. The van der Waals surface area contributed by atoms with Gasteiger partial charge in [-0.25, -0.2) is 0 Å². The third-order valence-corrected chi connectivity index (χ3v) is 3.11. The van der Waals surface area contributed by atoms with E-state index in [9.17, 15) is 0 Å². The fourth-order valence-electron chi connectivity index (χ4n) is 1.60. The van der Waals surface area contributed by atoms with Gasteiger partial charge in [0.1, 0.15) is 0 Å². The number of rotatable bonds is 2. The van der Waals surface area contributed by atoms with Gasteiger partial charge in [-0.1, -0.05) is 0 Å². The van der Waals surface area contributed by atoms with Gasteiger partial charge in [0.2, 0.25) is 5.14 Å². The molecule has 0 unspecified atom stereocenters. The second-order valence-corrected chi connectivity index (χ2v) is 4.36. The molecule has 1 aliphatic rings. The van der Waals surface area contributed by atoms with Crippen LogP contribution in [-0.2, 0) is 4.74 Å². The lowest BCUT2D eigenvalue weighted by Crippen LogP contribution is -2.52. The Hall–Kier alpha value is 0.715. The van der Waals surface area contributed by atoms with E-state index in [1.807, 2.05) is 0 Å². The highest BCUT2D eigenvalue weighted by molar-refractivity contribution is 14.1. The first-order valence-corrected chi connectivity index (χ1v) is 5.70. The number of hydrogen-bond donors (Lipinski definition) is 0.